The zero-order chi connectivity index (χ0) is 13.5. The number of hydrogen-bond donors (Lipinski definition) is 2. The molecule has 3 N–H and O–H groups in total. The van der Waals surface area contributed by atoms with Gasteiger partial charge in [-0.1, -0.05) is 12.1 Å². The van der Waals surface area contributed by atoms with Crippen LogP contribution in [0.3, 0.4) is 0 Å². The minimum Gasteiger partial charge on any atom is -0.399 e. The van der Waals surface area contributed by atoms with Crippen molar-refractivity contribution in [1.82, 2.24) is 5.32 Å². The van der Waals surface area contributed by atoms with Crippen molar-refractivity contribution in [1.29, 1.82) is 0 Å². The lowest BCUT2D eigenvalue weighted by molar-refractivity contribution is -0.0591. The van der Waals surface area contributed by atoms with Crippen LogP contribution in [0.15, 0.2) is 24.3 Å². The minimum atomic E-state index is 0.0540. The molecule has 5 saturated carbocycles. The highest BCUT2D eigenvalue weighted by Gasteiger charge is 2.92. The lowest BCUT2D eigenvalue weighted by atomic mass is 9.59. The molecule has 10 unspecified atom stereocenters. The van der Waals surface area contributed by atoms with E-state index in [1.165, 1.54) is 12.0 Å². The average Bonchev–Trinajstić information content (AvgIpc) is 3.11. The quantitative estimate of drug-likeness (QED) is 0.831. The van der Waals surface area contributed by atoms with Crippen LogP contribution in [0, 0.1) is 47.3 Å². The van der Waals surface area contributed by atoms with Gasteiger partial charge in [-0.05, 0) is 59.6 Å². The topological polar surface area (TPSA) is 47.3 Å². The summed E-state index contributed by atoms with van der Waals surface area (Å²) < 4.78 is 6.67. The largest absolute Gasteiger partial charge is 0.399 e. The fraction of sp³-hybridized carbons (Fsp3) is 0.667. The van der Waals surface area contributed by atoms with E-state index in [1.807, 2.05) is 12.1 Å². The maximum atomic E-state index is 6.67. The Labute approximate surface area is 124 Å². The van der Waals surface area contributed by atoms with E-state index in [9.17, 15) is 0 Å². The van der Waals surface area contributed by atoms with Gasteiger partial charge in [-0.3, -0.25) is 5.32 Å². The van der Waals surface area contributed by atoms with Crippen molar-refractivity contribution < 1.29 is 4.74 Å². The standard InChI is InChI=1S/C18H20N2O/c19-8-3-1-7(2-4-8)6-20-18-15-10-5-9-11-12(10)16(18)14(11)17(21-18)13(9)15/h1-4,9-17,20H,5-6,19H2. The van der Waals surface area contributed by atoms with Crippen molar-refractivity contribution in [2.45, 2.75) is 24.8 Å². The lowest BCUT2D eigenvalue weighted by Crippen LogP contribution is -2.56. The van der Waals surface area contributed by atoms with Gasteiger partial charge in [0.1, 0.15) is 5.72 Å². The first kappa shape index (κ1) is 10.6. The number of nitrogens with one attached hydrogen (secondary N) is 1. The lowest BCUT2D eigenvalue weighted by Gasteiger charge is -2.46. The van der Waals surface area contributed by atoms with Gasteiger partial charge in [0.15, 0.2) is 0 Å². The SMILES string of the molecule is Nc1ccc(CNC23OC4C5C6CC(C7C6C4C72)C53)cc1. The highest BCUT2D eigenvalue weighted by atomic mass is 16.5. The second-order valence-electron chi connectivity index (χ2n) is 8.40. The molecule has 1 aromatic rings. The summed E-state index contributed by atoms with van der Waals surface area (Å²) in [5.74, 6) is 7.65. The first-order chi connectivity index (χ1) is 10.3. The number of hydrogen-bond acceptors (Lipinski definition) is 3. The van der Waals surface area contributed by atoms with Crippen molar-refractivity contribution >= 4 is 5.69 Å². The first-order valence-corrected chi connectivity index (χ1v) is 8.57. The van der Waals surface area contributed by atoms with Crippen LogP contribution in [0.5, 0.6) is 0 Å². The van der Waals surface area contributed by atoms with Gasteiger partial charge in [0, 0.05) is 24.1 Å². The summed E-state index contributed by atoms with van der Waals surface area (Å²) in [5, 5.41) is 3.90. The molecule has 4 bridgehead atoms. The molecule has 0 radical (unpaired) electrons. The Kier molecular flexibility index (Phi) is 1.46. The molecular weight excluding hydrogens is 260 g/mol. The van der Waals surface area contributed by atoms with Crippen LogP contribution < -0.4 is 11.1 Å². The van der Waals surface area contributed by atoms with Gasteiger partial charge in [-0.25, -0.2) is 0 Å². The molecule has 2 heterocycles. The molecule has 10 atom stereocenters. The Balaban J connectivity index is 1.25. The third-order valence-electron chi connectivity index (χ3n) is 8.25. The molecular formula is C18H20N2O. The number of benzene rings is 1. The molecule has 3 nitrogen and oxygen atoms in total. The Morgan fingerprint density at radius 1 is 1.05 bits per heavy atom. The molecule has 108 valence electrons. The zero-order valence-electron chi connectivity index (χ0n) is 11.9. The van der Waals surface area contributed by atoms with E-state index in [0.717, 1.165) is 59.6 Å². The molecule has 5 aliphatic carbocycles. The van der Waals surface area contributed by atoms with E-state index >= 15 is 0 Å². The van der Waals surface area contributed by atoms with Crippen molar-refractivity contribution in [3.63, 3.8) is 0 Å². The van der Waals surface area contributed by atoms with Gasteiger partial charge in [0.25, 0.3) is 0 Å². The monoisotopic (exact) mass is 280 g/mol. The second kappa shape index (κ2) is 2.89. The second-order valence-corrected chi connectivity index (χ2v) is 8.40. The van der Waals surface area contributed by atoms with E-state index in [0.29, 0.717) is 6.10 Å². The van der Waals surface area contributed by atoms with Crippen molar-refractivity contribution in [2.24, 2.45) is 47.3 Å². The van der Waals surface area contributed by atoms with Crippen LogP contribution in [0.2, 0.25) is 0 Å². The Morgan fingerprint density at radius 2 is 1.90 bits per heavy atom. The van der Waals surface area contributed by atoms with Crippen LogP contribution in [0.25, 0.3) is 0 Å². The smallest absolute Gasteiger partial charge is 0.126 e. The summed E-state index contributed by atoms with van der Waals surface area (Å²) in [6.07, 6.45) is 2.15. The number of nitrogen functional groups attached to an aromatic ring is 1. The summed E-state index contributed by atoms with van der Waals surface area (Å²) in [5.41, 5.74) is 8.01. The molecule has 7 fully saturated rings. The van der Waals surface area contributed by atoms with Crippen molar-refractivity contribution in [3.05, 3.63) is 29.8 Å². The molecule has 21 heavy (non-hydrogen) atoms. The number of nitrogens with two attached hydrogens (primary N) is 1. The van der Waals surface area contributed by atoms with Gasteiger partial charge in [-0.2, -0.15) is 0 Å². The maximum Gasteiger partial charge on any atom is 0.126 e. The third kappa shape index (κ3) is 0.851. The summed E-state index contributed by atoms with van der Waals surface area (Å²) in [6, 6.07) is 8.29. The molecule has 0 aromatic heterocycles. The molecule has 1 aromatic carbocycles. The van der Waals surface area contributed by atoms with Crippen LogP contribution in [0.4, 0.5) is 5.69 Å². The number of anilines is 1. The van der Waals surface area contributed by atoms with E-state index in [1.54, 1.807) is 0 Å². The summed E-state index contributed by atoms with van der Waals surface area (Å²) >= 11 is 0. The summed E-state index contributed by atoms with van der Waals surface area (Å²) in [4.78, 5) is 0. The molecule has 0 spiro atoms. The first-order valence-electron chi connectivity index (χ1n) is 8.57. The molecule has 8 rings (SSSR count). The van der Waals surface area contributed by atoms with E-state index < -0.39 is 0 Å². The molecule has 0 amide bonds. The van der Waals surface area contributed by atoms with Gasteiger partial charge in [0.2, 0.25) is 0 Å². The van der Waals surface area contributed by atoms with Gasteiger partial charge in [0.05, 0.1) is 6.10 Å². The fourth-order valence-corrected chi connectivity index (χ4v) is 8.17. The van der Waals surface area contributed by atoms with Crippen LogP contribution in [-0.2, 0) is 11.3 Å². The number of ether oxygens (including phenoxy) is 1. The predicted molar refractivity (Wildman–Crippen MR) is 77.8 cm³/mol. The fourth-order valence-electron chi connectivity index (χ4n) is 8.17. The number of rotatable bonds is 3. The highest BCUT2D eigenvalue weighted by molar-refractivity contribution is 5.40. The van der Waals surface area contributed by atoms with Crippen LogP contribution >= 0.6 is 0 Å². The van der Waals surface area contributed by atoms with Crippen LogP contribution in [0.1, 0.15) is 12.0 Å². The van der Waals surface area contributed by atoms with Gasteiger partial charge < -0.3 is 10.5 Å². The Bertz CT molecular complexity index is 662. The van der Waals surface area contributed by atoms with E-state index in [-0.39, 0.29) is 5.72 Å². The van der Waals surface area contributed by atoms with Crippen molar-refractivity contribution in [2.75, 3.05) is 5.73 Å². The van der Waals surface area contributed by atoms with Crippen LogP contribution in [-0.4, -0.2) is 11.8 Å². The highest BCUT2D eigenvalue weighted by Crippen LogP contribution is 2.89. The Morgan fingerprint density at radius 3 is 2.76 bits per heavy atom. The zero-order valence-corrected chi connectivity index (χ0v) is 11.9. The normalized spacial score (nSPS) is 62.2. The molecule has 3 heteroatoms. The van der Waals surface area contributed by atoms with Crippen molar-refractivity contribution in [3.8, 4) is 0 Å². The Hall–Kier alpha value is -1.06. The molecule has 2 saturated heterocycles. The summed E-state index contributed by atoms with van der Waals surface area (Å²) in [6.45, 7) is 0.925. The third-order valence-corrected chi connectivity index (χ3v) is 8.25. The molecule has 2 aliphatic heterocycles. The van der Waals surface area contributed by atoms with Gasteiger partial charge >= 0.3 is 0 Å². The summed E-state index contributed by atoms with van der Waals surface area (Å²) in [7, 11) is 0. The molecule has 7 aliphatic rings. The van der Waals surface area contributed by atoms with Gasteiger partial charge in [-0.15, -0.1) is 0 Å². The van der Waals surface area contributed by atoms with E-state index in [2.05, 4.69) is 17.4 Å². The minimum absolute atomic E-state index is 0.0540. The van der Waals surface area contributed by atoms with E-state index in [4.69, 9.17) is 10.5 Å². The average molecular weight is 280 g/mol. The maximum absolute atomic E-state index is 6.67. The predicted octanol–water partition coefficient (Wildman–Crippen LogP) is 1.84.